The molecule has 0 aromatic carbocycles. The summed E-state index contributed by atoms with van der Waals surface area (Å²) in [5.41, 5.74) is 6.21. The molecule has 2 rings (SSSR count). The third-order valence-electron chi connectivity index (χ3n) is 3.96. The Morgan fingerprint density at radius 1 is 1.12 bits per heavy atom. The Morgan fingerprint density at radius 2 is 1.75 bits per heavy atom. The van der Waals surface area contributed by atoms with E-state index in [0.29, 0.717) is 24.2 Å². The van der Waals surface area contributed by atoms with E-state index >= 15 is 0 Å². The van der Waals surface area contributed by atoms with Crippen LogP contribution in [0.5, 0.6) is 0 Å². The summed E-state index contributed by atoms with van der Waals surface area (Å²) in [6.45, 7) is 7.67. The van der Waals surface area contributed by atoms with Crippen molar-refractivity contribution >= 4 is 0 Å². The summed E-state index contributed by atoms with van der Waals surface area (Å²) < 4.78 is 5.76. The summed E-state index contributed by atoms with van der Waals surface area (Å²) in [5, 5.41) is 0. The molecule has 2 fully saturated rings. The van der Waals surface area contributed by atoms with Gasteiger partial charge in [0.2, 0.25) is 0 Å². The average molecular weight is 226 g/mol. The first kappa shape index (κ1) is 12.3. The summed E-state index contributed by atoms with van der Waals surface area (Å²) in [5.74, 6) is 0.714. The summed E-state index contributed by atoms with van der Waals surface area (Å²) in [6.07, 6.45) is 6.00. The van der Waals surface area contributed by atoms with E-state index in [1.165, 1.54) is 32.2 Å². The molecule has 1 saturated heterocycles. The third-order valence-corrected chi connectivity index (χ3v) is 3.96. The molecule has 0 aromatic heterocycles. The summed E-state index contributed by atoms with van der Waals surface area (Å²) in [6, 6.07) is 0.433. The fraction of sp³-hybridized carbons (Fsp3) is 1.00. The van der Waals surface area contributed by atoms with Gasteiger partial charge in [-0.1, -0.05) is 12.8 Å². The SMILES string of the molecule is CC1CN(CC2CCCCC2N)CC(C)O1. The Kier molecular flexibility index (Phi) is 4.22. The van der Waals surface area contributed by atoms with Crippen molar-refractivity contribution in [1.29, 1.82) is 0 Å². The smallest absolute Gasteiger partial charge is 0.0678 e. The highest BCUT2D eigenvalue weighted by atomic mass is 16.5. The molecule has 4 atom stereocenters. The van der Waals surface area contributed by atoms with E-state index < -0.39 is 0 Å². The molecule has 0 radical (unpaired) electrons. The highest BCUT2D eigenvalue weighted by molar-refractivity contribution is 4.83. The zero-order valence-corrected chi connectivity index (χ0v) is 10.7. The van der Waals surface area contributed by atoms with Crippen molar-refractivity contribution in [2.75, 3.05) is 19.6 Å². The highest BCUT2D eigenvalue weighted by Crippen LogP contribution is 2.24. The fourth-order valence-corrected chi connectivity index (χ4v) is 3.23. The van der Waals surface area contributed by atoms with Crippen LogP contribution in [0, 0.1) is 5.92 Å². The molecule has 3 nitrogen and oxygen atoms in total. The van der Waals surface area contributed by atoms with Gasteiger partial charge in [0.1, 0.15) is 0 Å². The van der Waals surface area contributed by atoms with Crippen LogP contribution in [0.1, 0.15) is 39.5 Å². The topological polar surface area (TPSA) is 38.5 Å². The van der Waals surface area contributed by atoms with Crippen LogP contribution in [0.4, 0.5) is 0 Å². The lowest BCUT2D eigenvalue weighted by atomic mass is 9.84. The molecule has 1 aliphatic carbocycles. The highest BCUT2D eigenvalue weighted by Gasteiger charge is 2.28. The molecule has 1 aliphatic heterocycles. The van der Waals surface area contributed by atoms with Crippen LogP contribution in [0.3, 0.4) is 0 Å². The minimum atomic E-state index is 0.378. The maximum Gasteiger partial charge on any atom is 0.0678 e. The number of hydrogen-bond acceptors (Lipinski definition) is 3. The van der Waals surface area contributed by atoms with Gasteiger partial charge in [-0.15, -0.1) is 0 Å². The first-order valence-corrected chi connectivity index (χ1v) is 6.78. The average Bonchev–Trinajstić information content (AvgIpc) is 2.20. The molecule has 0 bridgehead atoms. The van der Waals surface area contributed by atoms with Crippen LogP contribution in [-0.4, -0.2) is 42.8 Å². The van der Waals surface area contributed by atoms with Crippen LogP contribution in [0.25, 0.3) is 0 Å². The molecule has 1 heterocycles. The summed E-state index contributed by atoms with van der Waals surface area (Å²) in [4.78, 5) is 2.55. The van der Waals surface area contributed by atoms with E-state index in [1.807, 2.05) is 0 Å². The molecule has 0 spiro atoms. The van der Waals surface area contributed by atoms with Crippen LogP contribution in [-0.2, 0) is 4.74 Å². The number of rotatable bonds is 2. The van der Waals surface area contributed by atoms with Gasteiger partial charge in [0.15, 0.2) is 0 Å². The Hall–Kier alpha value is -0.120. The zero-order valence-electron chi connectivity index (χ0n) is 10.7. The Labute approximate surface area is 99.3 Å². The zero-order chi connectivity index (χ0) is 11.5. The lowest BCUT2D eigenvalue weighted by Crippen LogP contribution is -2.49. The van der Waals surface area contributed by atoms with Gasteiger partial charge in [-0.25, -0.2) is 0 Å². The van der Waals surface area contributed by atoms with E-state index in [4.69, 9.17) is 10.5 Å². The van der Waals surface area contributed by atoms with Crippen LogP contribution in [0.2, 0.25) is 0 Å². The molecular weight excluding hydrogens is 200 g/mol. The van der Waals surface area contributed by atoms with Gasteiger partial charge in [0.25, 0.3) is 0 Å². The lowest BCUT2D eigenvalue weighted by Gasteiger charge is -2.39. The van der Waals surface area contributed by atoms with Gasteiger partial charge in [-0.05, 0) is 32.6 Å². The summed E-state index contributed by atoms with van der Waals surface area (Å²) >= 11 is 0. The van der Waals surface area contributed by atoms with E-state index in [9.17, 15) is 0 Å². The van der Waals surface area contributed by atoms with Gasteiger partial charge in [0.05, 0.1) is 12.2 Å². The quantitative estimate of drug-likeness (QED) is 0.777. The lowest BCUT2D eigenvalue weighted by molar-refractivity contribution is -0.0730. The van der Waals surface area contributed by atoms with Gasteiger partial charge in [-0.3, -0.25) is 4.90 Å². The molecule has 3 heteroatoms. The molecule has 1 saturated carbocycles. The Morgan fingerprint density at radius 3 is 2.38 bits per heavy atom. The number of nitrogens with zero attached hydrogens (tertiary/aromatic N) is 1. The third kappa shape index (κ3) is 3.19. The van der Waals surface area contributed by atoms with E-state index in [-0.39, 0.29) is 0 Å². The normalized spacial score (nSPS) is 42.2. The molecule has 2 N–H and O–H groups in total. The van der Waals surface area contributed by atoms with Gasteiger partial charge < -0.3 is 10.5 Å². The van der Waals surface area contributed by atoms with Gasteiger partial charge >= 0.3 is 0 Å². The Bertz CT molecular complexity index is 212. The maximum absolute atomic E-state index is 6.21. The number of ether oxygens (including phenoxy) is 1. The van der Waals surface area contributed by atoms with E-state index in [1.54, 1.807) is 0 Å². The monoisotopic (exact) mass is 226 g/mol. The molecule has 4 unspecified atom stereocenters. The first-order valence-electron chi connectivity index (χ1n) is 6.78. The van der Waals surface area contributed by atoms with E-state index in [2.05, 4.69) is 18.7 Å². The fourth-order valence-electron chi connectivity index (χ4n) is 3.23. The molecule has 0 amide bonds. The van der Waals surface area contributed by atoms with E-state index in [0.717, 1.165) is 13.1 Å². The van der Waals surface area contributed by atoms with Crippen molar-refractivity contribution in [1.82, 2.24) is 4.90 Å². The standard InChI is InChI=1S/C13H26N2O/c1-10-7-15(8-11(2)16-10)9-12-5-3-4-6-13(12)14/h10-13H,3-9,14H2,1-2H3. The Balaban J connectivity index is 1.83. The predicted octanol–water partition coefficient (Wildman–Crippen LogP) is 1.61. The number of hydrogen-bond donors (Lipinski definition) is 1. The van der Waals surface area contributed by atoms with Crippen molar-refractivity contribution in [3.63, 3.8) is 0 Å². The van der Waals surface area contributed by atoms with Crippen LogP contribution >= 0.6 is 0 Å². The second kappa shape index (κ2) is 5.48. The minimum Gasteiger partial charge on any atom is -0.373 e. The summed E-state index contributed by atoms with van der Waals surface area (Å²) in [7, 11) is 0. The van der Waals surface area contributed by atoms with Crippen molar-refractivity contribution in [3.8, 4) is 0 Å². The maximum atomic E-state index is 6.21. The van der Waals surface area contributed by atoms with Crippen LogP contribution < -0.4 is 5.73 Å². The molecule has 0 aromatic rings. The number of nitrogens with two attached hydrogens (primary N) is 1. The first-order chi connectivity index (χ1) is 7.65. The molecule has 94 valence electrons. The van der Waals surface area contributed by atoms with Gasteiger partial charge in [0, 0.05) is 25.7 Å². The van der Waals surface area contributed by atoms with Crippen molar-refractivity contribution in [2.24, 2.45) is 11.7 Å². The molecule has 2 aliphatic rings. The van der Waals surface area contributed by atoms with Crippen LogP contribution in [0.15, 0.2) is 0 Å². The molecular formula is C13H26N2O. The van der Waals surface area contributed by atoms with Crippen molar-refractivity contribution < 1.29 is 4.74 Å². The minimum absolute atomic E-state index is 0.378. The van der Waals surface area contributed by atoms with Gasteiger partial charge in [-0.2, -0.15) is 0 Å². The second-order valence-corrected chi connectivity index (χ2v) is 5.68. The molecule has 16 heavy (non-hydrogen) atoms. The largest absolute Gasteiger partial charge is 0.373 e. The van der Waals surface area contributed by atoms with Crippen molar-refractivity contribution in [3.05, 3.63) is 0 Å². The predicted molar refractivity (Wildman–Crippen MR) is 66.4 cm³/mol. The number of morpholine rings is 1. The second-order valence-electron chi connectivity index (χ2n) is 5.68. The van der Waals surface area contributed by atoms with Crippen molar-refractivity contribution in [2.45, 2.75) is 57.8 Å².